The average molecular weight is 842 g/mol. The van der Waals surface area contributed by atoms with Crippen molar-refractivity contribution in [3.63, 3.8) is 0 Å². The van der Waals surface area contributed by atoms with Crippen LogP contribution in [0.1, 0.15) is 134 Å². The Morgan fingerprint density at radius 1 is 0.817 bits per heavy atom. The zero-order valence-electron chi connectivity index (χ0n) is 40.5. The Kier molecular flexibility index (Phi) is 20.6. The number of rotatable bonds is 23. The largest absolute Gasteiger partial charge is 0.460 e. The number of methoxy groups -OCH3 is 2. The van der Waals surface area contributed by atoms with E-state index in [0.29, 0.717) is 19.4 Å². The number of ether oxygens (including phenoxy) is 3. The van der Waals surface area contributed by atoms with Gasteiger partial charge in [0.1, 0.15) is 11.4 Å². The number of likely N-dealkylation sites (N-methyl/N-ethyl adjacent to an activating group) is 2. The summed E-state index contributed by atoms with van der Waals surface area (Å²) in [7, 11) is 6.92. The molecule has 0 bridgehead atoms. The fourth-order valence-electron chi connectivity index (χ4n) is 8.95. The Labute approximate surface area is 364 Å². The van der Waals surface area contributed by atoms with Crippen molar-refractivity contribution in [2.45, 2.75) is 176 Å². The summed E-state index contributed by atoms with van der Waals surface area (Å²) in [6.07, 6.45) is 1.48. The van der Waals surface area contributed by atoms with Crippen LogP contribution in [0.15, 0.2) is 30.3 Å². The van der Waals surface area contributed by atoms with E-state index in [1.54, 1.807) is 26.2 Å². The minimum atomic E-state index is -0.702. The molecule has 0 unspecified atom stereocenters. The van der Waals surface area contributed by atoms with Gasteiger partial charge in [0.05, 0.1) is 42.7 Å². The van der Waals surface area contributed by atoms with E-state index >= 15 is 0 Å². The predicted molar refractivity (Wildman–Crippen MR) is 239 cm³/mol. The smallest absolute Gasteiger partial charge is 0.310 e. The van der Waals surface area contributed by atoms with Crippen LogP contribution in [0.3, 0.4) is 0 Å². The van der Waals surface area contributed by atoms with Crippen LogP contribution in [-0.2, 0) is 44.6 Å². The summed E-state index contributed by atoms with van der Waals surface area (Å²) in [5.74, 6) is -2.57. The molecule has 1 aliphatic rings. The molecule has 0 aliphatic carbocycles. The molecule has 60 heavy (non-hydrogen) atoms. The van der Waals surface area contributed by atoms with Crippen LogP contribution in [0, 0.1) is 35.5 Å². The zero-order chi connectivity index (χ0) is 45.9. The van der Waals surface area contributed by atoms with Crippen molar-refractivity contribution in [1.82, 2.24) is 14.7 Å². The lowest BCUT2D eigenvalue weighted by atomic mass is 9.83. The molecule has 2 amide bonds. The molecule has 1 fully saturated rings. The van der Waals surface area contributed by atoms with Gasteiger partial charge in [-0.25, -0.2) is 0 Å². The maximum absolute atomic E-state index is 14.5. The van der Waals surface area contributed by atoms with Gasteiger partial charge in [-0.15, -0.1) is 0 Å². The molecule has 1 aromatic rings. The molecule has 11 heteroatoms. The van der Waals surface area contributed by atoms with Crippen LogP contribution >= 0.6 is 0 Å². The average Bonchev–Trinajstić information content (AvgIpc) is 3.65. The number of carbonyl (C=O) groups excluding carboxylic acids is 5. The molecule has 0 aromatic heterocycles. The molecule has 0 spiro atoms. The fourth-order valence-corrected chi connectivity index (χ4v) is 8.95. The molecule has 1 saturated heterocycles. The van der Waals surface area contributed by atoms with Crippen molar-refractivity contribution in [2.24, 2.45) is 35.5 Å². The second-order valence-electron chi connectivity index (χ2n) is 20.2. The summed E-state index contributed by atoms with van der Waals surface area (Å²) >= 11 is 0. The van der Waals surface area contributed by atoms with Gasteiger partial charge < -0.3 is 24.0 Å². The third kappa shape index (κ3) is 14.7. The molecule has 2 rings (SSSR count). The summed E-state index contributed by atoms with van der Waals surface area (Å²) in [5, 5.41) is 0. The highest BCUT2D eigenvalue weighted by Crippen LogP contribution is 2.33. The highest BCUT2D eigenvalue weighted by molar-refractivity contribution is 5.90. The number of benzene rings is 1. The van der Waals surface area contributed by atoms with Crippen LogP contribution < -0.4 is 0 Å². The van der Waals surface area contributed by atoms with Crippen molar-refractivity contribution >= 4 is 29.4 Å². The first-order chi connectivity index (χ1) is 27.8. The molecule has 342 valence electrons. The standard InChI is InChI=1S/C49H83N3O8/c1-18-33(6)44(50(14)46(56)37(31(2)3)29-40(54)43(32(4)5)51(15)48(8,9)10)41(58-16)30-42(55)52-26-22-25-38(52)45(59-17)34(7)39(53)28-36(47(57)60-49(11,12)13)27-35-23-20-19-21-24-35/h19-21,23-24,31-34,36-38,41,43-45H,18,22,25-30H2,1-17H3/t33-,34-,36+,37-,38-,41+,43-,44-,45+/m0/s1. The number of ketones is 2. The number of hydrogen-bond donors (Lipinski definition) is 0. The van der Waals surface area contributed by atoms with E-state index in [1.807, 2.05) is 83.8 Å². The number of carbonyl (C=O) groups is 5. The first kappa shape index (κ1) is 53.0. The SMILES string of the molecule is CC[C@H](C)[C@@H]([C@@H](CC(=O)N1CCC[C@H]1[C@H](OC)[C@@H](C)C(=O)C[C@@H](Cc1ccccc1)C(=O)OC(C)(C)C)OC)N(C)C(=O)[C@@H](CC(=O)[C@H](C(C)C)N(C)C(C)(C)C)C(C)C. The quantitative estimate of drug-likeness (QED) is 0.101. The van der Waals surface area contributed by atoms with Gasteiger partial charge in [-0.3, -0.25) is 28.9 Å². The van der Waals surface area contributed by atoms with Crippen molar-refractivity contribution < 1.29 is 38.2 Å². The molecule has 0 saturated carbocycles. The lowest BCUT2D eigenvalue weighted by Crippen LogP contribution is -2.55. The Bertz CT molecular complexity index is 1530. The molecule has 1 heterocycles. The number of esters is 1. The van der Waals surface area contributed by atoms with Gasteiger partial charge in [0.2, 0.25) is 11.8 Å². The molecule has 9 atom stereocenters. The Balaban J connectivity index is 2.34. The topological polar surface area (TPSA) is 123 Å². The maximum Gasteiger partial charge on any atom is 0.310 e. The number of nitrogens with zero attached hydrogens (tertiary/aromatic N) is 3. The normalized spacial score (nSPS) is 19.1. The summed E-state index contributed by atoms with van der Waals surface area (Å²) in [4.78, 5) is 76.1. The lowest BCUT2D eigenvalue weighted by molar-refractivity contribution is -0.161. The molecule has 0 N–H and O–H groups in total. The second kappa shape index (κ2) is 23.3. The van der Waals surface area contributed by atoms with Gasteiger partial charge in [-0.1, -0.05) is 85.2 Å². The lowest BCUT2D eigenvalue weighted by Gasteiger charge is -2.42. The monoisotopic (exact) mass is 842 g/mol. The second-order valence-corrected chi connectivity index (χ2v) is 20.2. The molecule has 11 nitrogen and oxygen atoms in total. The maximum atomic E-state index is 14.5. The first-order valence-corrected chi connectivity index (χ1v) is 22.5. The van der Waals surface area contributed by atoms with Crippen molar-refractivity contribution in [3.8, 4) is 0 Å². The molecular weight excluding hydrogens is 759 g/mol. The molecule has 1 aromatic carbocycles. The van der Waals surface area contributed by atoms with Gasteiger partial charge in [0.25, 0.3) is 0 Å². The summed E-state index contributed by atoms with van der Waals surface area (Å²) in [5.41, 5.74) is 0.0146. The minimum absolute atomic E-state index is 0.0109. The van der Waals surface area contributed by atoms with Crippen LogP contribution in [0.25, 0.3) is 0 Å². The Hall–Kier alpha value is -3.15. The fraction of sp³-hybridized carbons (Fsp3) is 0.776. The van der Waals surface area contributed by atoms with Gasteiger partial charge >= 0.3 is 5.97 Å². The minimum Gasteiger partial charge on any atom is -0.460 e. The van der Waals surface area contributed by atoms with Gasteiger partial charge in [-0.2, -0.15) is 0 Å². The highest BCUT2D eigenvalue weighted by atomic mass is 16.6. The molecule has 1 aliphatic heterocycles. The van der Waals surface area contributed by atoms with E-state index < -0.39 is 47.6 Å². The van der Waals surface area contributed by atoms with E-state index in [4.69, 9.17) is 14.2 Å². The van der Waals surface area contributed by atoms with Gasteiger partial charge in [0.15, 0.2) is 5.78 Å². The van der Waals surface area contributed by atoms with E-state index in [2.05, 4.69) is 53.4 Å². The first-order valence-electron chi connectivity index (χ1n) is 22.5. The molecular formula is C49H83N3O8. The molecule has 0 radical (unpaired) electrons. The van der Waals surface area contributed by atoms with Crippen molar-refractivity contribution in [2.75, 3.05) is 34.9 Å². The number of hydrogen-bond acceptors (Lipinski definition) is 9. The van der Waals surface area contributed by atoms with Crippen LogP contribution in [0.5, 0.6) is 0 Å². The third-order valence-corrected chi connectivity index (χ3v) is 12.8. The zero-order valence-corrected chi connectivity index (χ0v) is 40.5. The van der Waals surface area contributed by atoms with Crippen LogP contribution in [-0.4, -0.2) is 120 Å². The third-order valence-electron chi connectivity index (χ3n) is 12.8. The van der Waals surface area contributed by atoms with Crippen LogP contribution in [0.2, 0.25) is 0 Å². The number of Topliss-reactive ketones (excluding diaryl/α,β-unsaturated/α-hetero) is 2. The van der Waals surface area contributed by atoms with E-state index in [-0.39, 0.29) is 78.0 Å². The van der Waals surface area contributed by atoms with E-state index in [0.717, 1.165) is 18.4 Å². The van der Waals surface area contributed by atoms with Crippen LogP contribution in [0.4, 0.5) is 0 Å². The number of likely N-dealkylation sites (tertiary alicyclic amines) is 1. The van der Waals surface area contributed by atoms with Gasteiger partial charge in [-0.05, 0) is 91.2 Å². The Morgan fingerprint density at radius 3 is 1.90 bits per heavy atom. The Morgan fingerprint density at radius 2 is 1.42 bits per heavy atom. The predicted octanol–water partition coefficient (Wildman–Crippen LogP) is 8.05. The van der Waals surface area contributed by atoms with E-state index in [9.17, 15) is 24.0 Å². The highest BCUT2D eigenvalue weighted by Gasteiger charge is 2.44. The van der Waals surface area contributed by atoms with E-state index in [1.165, 1.54) is 0 Å². The van der Waals surface area contributed by atoms with Gasteiger partial charge in [0, 0.05) is 58.0 Å². The summed E-state index contributed by atoms with van der Waals surface area (Å²) < 4.78 is 17.9. The summed E-state index contributed by atoms with van der Waals surface area (Å²) in [6, 6.07) is 8.50. The summed E-state index contributed by atoms with van der Waals surface area (Å²) in [6.45, 7) is 26.3. The number of amides is 2. The van der Waals surface area contributed by atoms with Crippen molar-refractivity contribution in [1.29, 1.82) is 0 Å². The van der Waals surface area contributed by atoms with Crippen molar-refractivity contribution in [3.05, 3.63) is 35.9 Å².